The van der Waals surface area contributed by atoms with E-state index in [0.717, 1.165) is 17.7 Å². The van der Waals surface area contributed by atoms with E-state index in [9.17, 15) is 27.9 Å². The van der Waals surface area contributed by atoms with Crippen LogP contribution in [0.25, 0.3) is 6.08 Å². The first-order valence-corrected chi connectivity index (χ1v) is 8.39. The second-order valence-corrected chi connectivity index (χ2v) is 5.87. The number of nitrogens with one attached hydrogen (secondary N) is 2. The van der Waals surface area contributed by atoms with Gasteiger partial charge in [0.05, 0.1) is 18.2 Å². The lowest BCUT2D eigenvalue weighted by Crippen LogP contribution is -2.38. The molecule has 0 heterocycles. The van der Waals surface area contributed by atoms with Crippen LogP contribution in [0.4, 0.5) is 13.2 Å². The van der Waals surface area contributed by atoms with Crippen molar-refractivity contribution in [1.29, 1.82) is 0 Å². The number of hydrogen-bond acceptors (Lipinski definition) is 3. The molecule has 2 aromatic carbocycles. The first-order chi connectivity index (χ1) is 13.3. The van der Waals surface area contributed by atoms with E-state index in [1.807, 2.05) is 18.2 Å². The zero-order chi connectivity index (χ0) is 20.6. The molecule has 2 amide bonds. The minimum Gasteiger partial charge on any atom is -0.387 e. The van der Waals surface area contributed by atoms with Crippen molar-refractivity contribution in [1.82, 2.24) is 10.6 Å². The maximum Gasteiger partial charge on any atom is 0.416 e. The van der Waals surface area contributed by atoms with Gasteiger partial charge in [0.15, 0.2) is 0 Å². The van der Waals surface area contributed by atoms with Crippen LogP contribution in [0.2, 0.25) is 0 Å². The fourth-order valence-corrected chi connectivity index (χ4v) is 2.39. The van der Waals surface area contributed by atoms with Crippen LogP contribution in [0.3, 0.4) is 0 Å². The van der Waals surface area contributed by atoms with Crippen LogP contribution in [0.5, 0.6) is 0 Å². The number of aliphatic hydroxyl groups excluding tert-OH is 1. The first kappa shape index (κ1) is 21.2. The lowest BCUT2D eigenvalue weighted by molar-refractivity contribution is -0.139. The number of amides is 2. The molecule has 0 fully saturated rings. The summed E-state index contributed by atoms with van der Waals surface area (Å²) in [6.07, 6.45) is -3.31. The van der Waals surface area contributed by atoms with Crippen LogP contribution in [0.15, 0.2) is 60.7 Å². The smallest absolute Gasteiger partial charge is 0.387 e. The summed E-state index contributed by atoms with van der Waals surface area (Å²) in [5.41, 5.74) is -0.477. The van der Waals surface area contributed by atoms with E-state index in [1.54, 1.807) is 18.2 Å². The molecule has 0 aliphatic carbocycles. The second-order valence-electron chi connectivity index (χ2n) is 5.87. The van der Waals surface area contributed by atoms with Crippen molar-refractivity contribution >= 4 is 17.9 Å². The van der Waals surface area contributed by atoms with Crippen molar-refractivity contribution in [2.45, 2.75) is 12.3 Å². The number of rotatable bonds is 7. The van der Waals surface area contributed by atoms with E-state index < -0.39 is 36.2 Å². The van der Waals surface area contributed by atoms with E-state index in [0.29, 0.717) is 0 Å². The molecule has 0 aliphatic heterocycles. The molecule has 0 radical (unpaired) electrons. The molecule has 0 aliphatic rings. The molecule has 148 valence electrons. The Kier molecular flexibility index (Phi) is 7.34. The summed E-state index contributed by atoms with van der Waals surface area (Å²) >= 11 is 0. The van der Waals surface area contributed by atoms with Gasteiger partial charge in [0.1, 0.15) is 0 Å². The van der Waals surface area contributed by atoms with Gasteiger partial charge in [-0.2, -0.15) is 13.2 Å². The summed E-state index contributed by atoms with van der Waals surface area (Å²) < 4.78 is 38.9. The molecule has 1 unspecified atom stereocenters. The Hall–Kier alpha value is -3.13. The quantitative estimate of drug-likeness (QED) is 0.634. The highest BCUT2D eigenvalue weighted by molar-refractivity contribution is 5.94. The molecule has 0 saturated carbocycles. The minimum atomic E-state index is -4.61. The lowest BCUT2D eigenvalue weighted by atomic mass is 10.0. The normalized spacial score (nSPS) is 12.6. The molecule has 0 bridgehead atoms. The zero-order valence-corrected chi connectivity index (χ0v) is 14.7. The molecule has 2 aromatic rings. The van der Waals surface area contributed by atoms with Gasteiger partial charge in [-0.1, -0.05) is 48.5 Å². The highest BCUT2D eigenvalue weighted by Gasteiger charge is 2.34. The second kappa shape index (κ2) is 9.70. The topological polar surface area (TPSA) is 78.4 Å². The van der Waals surface area contributed by atoms with Gasteiger partial charge >= 0.3 is 6.18 Å². The average Bonchev–Trinajstić information content (AvgIpc) is 2.69. The molecule has 2 rings (SSSR count). The summed E-state index contributed by atoms with van der Waals surface area (Å²) in [7, 11) is 0. The van der Waals surface area contributed by atoms with Crippen molar-refractivity contribution < 1.29 is 27.9 Å². The molecular formula is C20H19F3N2O3. The van der Waals surface area contributed by atoms with Gasteiger partial charge in [-0.25, -0.2) is 0 Å². The van der Waals surface area contributed by atoms with Gasteiger partial charge in [0, 0.05) is 12.6 Å². The fraction of sp³-hybridized carbons (Fsp3) is 0.200. The average molecular weight is 392 g/mol. The van der Waals surface area contributed by atoms with E-state index in [2.05, 4.69) is 10.6 Å². The summed E-state index contributed by atoms with van der Waals surface area (Å²) in [6, 6.07) is 13.7. The van der Waals surface area contributed by atoms with Crippen LogP contribution >= 0.6 is 0 Å². The van der Waals surface area contributed by atoms with E-state index in [1.165, 1.54) is 18.2 Å². The molecule has 8 heteroatoms. The van der Waals surface area contributed by atoms with Gasteiger partial charge in [-0.3, -0.25) is 9.59 Å². The summed E-state index contributed by atoms with van der Waals surface area (Å²) in [6.45, 7) is -0.784. The number of alkyl halides is 3. The SMILES string of the molecule is O=C(/C=C/c1ccccc1)NCC(=O)NCC(O)c1ccccc1C(F)(F)F. The fourth-order valence-electron chi connectivity index (χ4n) is 2.39. The standard InChI is InChI=1S/C20H19F3N2O3/c21-20(22,23)16-9-5-4-8-15(16)17(26)12-24-19(28)13-25-18(27)11-10-14-6-2-1-3-7-14/h1-11,17,26H,12-13H2,(H,24,28)(H,25,27)/b11-10+. The van der Waals surface area contributed by atoms with Crippen molar-refractivity contribution in [3.05, 3.63) is 77.4 Å². The molecule has 28 heavy (non-hydrogen) atoms. The summed E-state index contributed by atoms with van der Waals surface area (Å²) in [5, 5.41) is 14.6. The highest BCUT2D eigenvalue weighted by atomic mass is 19.4. The van der Waals surface area contributed by atoms with Gasteiger partial charge < -0.3 is 15.7 Å². The maximum atomic E-state index is 13.0. The van der Waals surface area contributed by atoms with Crippen molar-refractivity contribution in [2.75, 3.05) is 13.1 Å². The summed E-state index contributed by atoms with van der Waals surface area (Å²) in [5.74, 6) is -1.13. The Morgan fingerprint density at radius 2 is 1.64 bits per heavy atom. The molecule has 0 saturated heterocycles. The van der Waals surface area contributed by atoms with Gasteiger partial charge in [0.25, 0.3) is 0 Å². The predicted octanol–water partition coefficient (Wildman–Crippen LogP) is 2.68. The molecule has 0 spiro atoms. The number of aliphatic hydroxyl groups is 1. The number of carbonyl (C=O) groups is 2. The third-order valence-corrected chi connectivity index (χ3v) is 3.77. The lowest BCUT2D eigenvalue weighted by Gasteiger charge is -2.18. The van der Waals surface area contributed by atoms with Crippen LogP contribution in [-0.4, -0.2) is 30.0 Å². The first-order valence-electron chi connectivity index (χ1n) is 8.39. The molecule has 0 aromatic heterocycles. The third kappa shape index (κ3) is 6.55. The van der Waals surface area contributed by atoms with E-state index in [4.69, 9.17) is 0 Å². The predicted molar refractivity (Wildman–Crippen MR) is 97.9 cm³/mol. The van der Waals surface area contributed by atoms with Crippen LogP contribution < -0.4 is 10.6 Å². The monoisotopic (exact) mass is 392 g/mol. The Balaban J connectivity index is 1.81. The number of halogens is 3. The van der Waals surface area contributed by atoms with Gasteiger partial charge in [0.2, 0.25) is 11.8 Å². The van der Waals surface area contributed by atoms with E-state index in [-0.39, 0.29) is 12.1 Å². The number of hydrogen-bond donors (Lipinski definition) is 3. The van der Waals surface area contributed by atoms with Crippen LogP contribution in [-0.2, 0) is 15.8 Å². The van der Waals surface area contributed by atoms with Gasteiger partial charge in [-0.15, -0.1) is 0 Å². The number of carbonyl (C=O) groups excluding carboxylic acids is 2. The van der Waals surface area contributed by atoms with Crippen LogP contribution in [0.1, 0.15) is 22.8 Å². The molecular weight excluding hydrogens is 373 g/mol. The van der Waals surface area contributed by atoms with E-state index >= 15 is 0 Å². The Morgan fingerprint density at radius 3 is 2.32 bits per heavy atom. The van der Waals surface area contributed by atoms with Crippen molar-refractivity contribution in [2.24, 2.45) is 0 Å². The Bertz CT molecular complexity index is 836. The van der Waals surface area contributed by atoms with Gasteiger partial charge in [-0.05, 0) is 23.3 Å². The number of benzene rings is 2. The van der Waals surface area contributed by atoms with Crippen LogP contribution in [0, 0.1) is 0 Å². The molecule has 5 nitrogen and oxygen atoms in total. The highest BCUT2D eigenvalue weighted by Crippen LogP contribution is 2.34. The third-order valence-electron chi connectivity index (χ3n) is 3.77. The molecule has 1 atom stereocenters. The van der Waals surface area contributed by atoms with Crippen molar-refractivity contribution in [3.63, 3.8) is 0 Å². The Labute approximate surface area is 159 Å². The van der Waals surface area contributed by atoms with Crippen molar-refractivity contribution in [3.8, 4) is 0 Å². The zero-order valence-electron chi connectivity index (χ0n) is 14.7. The minimum absolute atomic E-state index is 0.329. The largest absolute Gasteiger partial charge is 0.416 e. The molecule has 3 N–H and O–H groups in total. The Morgan fingerprint density at radius 1 is 1.00 bits per heavy atom. The summed E-state index contributed by atoms with van der Waals surface area (Å²) in [4.78, 5) is 23.4. The maximum absolute atomic E-state index is 13.0.